The van der Waals surface area contributed by atoms with E-state index >= 15 is 0 Å². The predicted molar refractivity (Wildman–Crippen MR) is 36.7 cm³/mol. The van der Waals surface area contributed by atoms with Gasteiger partial charge in [-0.05, 0) is 0 Å². The van der Waals surface area contributed by atoms with Crippen LogP contribution in [0.2, 0.25) is 0 Å². The second-order valence-corrected chi connectivity index (χ2v) is 1.88. The van der Waals surface area contributed by atoms with Gasteiger partial charge in [-0.3, -0.25) is 10.1 Å². The Bertz CT molecular complexity index is 240. The highest BCUT2D eigenvalue weighted by molar-refractivity contribution is 5.90. The minimum Gasteiger partial charge on any atom is -0.467 e. The molecule has 1 aliphatic heterocycles. The molecule has 1 aliphatic rings. The Morgan fingerprint density at radius 3 is 2.62 bits per heavy atom. The summed E-state index contributed by atoms with van der Waals surface area (Å²) in [5, 5.41) is 25.8. The summed E-state index contributed by atoms with van der Waals surface area (Å²) in [6, 6.07) is -0.862. The van der Waals surface area contributed by atoms with E-state index in [1.807, 2.05) is 0 Å². The van der Waals surface area contributed by atoms with Crippen molar-refractivity contribution in [1.29, 1.82) is 0 Å². The summed E-state index contributed by atoms with van der Waals surface area (Å²) in [7, 11) is 1.21. The van der Waals surface area contributed by atoms with E-state index in [1.54, 1.807) is 0 Å². The summed E-state index contributed by atoms with van der Waals surface area (Å²) in [4.78, 5) is 14.0. The molecule has 0 spiro atoms. The van der Waals surface area contributed by atoms with Crippen molar-refractivity contribution in [2.24, 2.45) is 9.98 Å². The lowest BCUT2D eigenvalue weighted by Gasteiger charge is -2.23. The highest BCUT2D eigenvalue weighted by Crippen LogP contribution is 2.08. The molecule has 0 fully saturated rings. The molecule has 9 nitrogen and oxygen atoms in total. The van der Waals surface area contributed by atoms with Crippen LogP contribution in [-0.4, -0.2) is 46.3 Å². The van der Waals surface area contributed by atoms with Gasteiger partial charge in [0.05, 0.1) is 7.11 Å². The number of nitrogens with zero attached hydrogens (tertiary/aromatic N) is 3. The molecular formula is C4H7N3O6. The molecule has 0 aliphatic carbocycles. The lowest BCUT2D eigenvalue weighted by Crippen LogP contribution is -2.42. The first-order valence-corrected chi connectivity index (χ1v) is 3.03. The fourth-order valence-electron chi connectivity index (χ4n) is 0.657. The summed E-state index contributed by atoms with van der Waals surface area (Å²) in [5.41, 5.74) is 0. The number of amidine groups is 2. The largest absolute Gasteiger partial charge is 0.467 e. The second kappa shape index (κ2) is 4.00. The van der Waals surface area contributed by atoms with Gasteiger partial charge >= 0.3 is 12.0 Å². The lowest BCUT2D eigenvalue weighted by molar-refractivity contribution is -0.341. The Hall–Kier alpha value is -1.42. The van der Waals surface area contributed by atoms with Crippen LogP contribution in [0.5, 0.6) is 0 Å². The number of hydrogen-bond donors (Lipinski definition) is 3. The topological polar surface area (TPSA) is 116 Å². The standard InChI is InChI=1S/C4H7N3O6/c1-11-3-5-2(12-9)6-4(13-10)7(3)8/h4,8-10H,1H3. The molecule has 0 bridgehead atoms. The second-order valence-electron chi connectivity index (χ2n) is 1.88. The number of hydrogen-bond acceptors (Lipinski definition) is 9. The van der Waals surface area contributed by atoms with Crippen LogP contribution in [0.15, 0.2) is 9.98 Å². The summed E-state index contributed by atoms with van der Waals surface area (Å²) in [5.74, 6) is 0. The summed E-state index contributed by atoms with van der Waals surface area (Å²) >= 11 is 0. The molecule has 0 amide bonds. The number of hydroxylamine groups is 2. The van der Waals surface area contributed by atoms with Crippen LogP contribution in [0.3, 0.4) is 0 Å². The SMILES string of the molecule is COC1=NC(OO)=NC(OO)N1O. The lowest BCUT2D eigenvalue weighted by atomic mass is 10.8. The normalized spacial score (nSPS) is 22.2. The molecule has 0 aromatic heterocycles. The van der Waals surface area contributed by atoms with E-state index in [4.69, 9.17) is 15.7 Å². The third-order valence-corrected chi connectivity index (χ3v) is 1.18. The molecular weight excluding hydrogens is 186 g/mol. The number of methoxy groups -OCH3 is 1. The number of ether oxygens (including phenoxy) is 1. The molecule has 0 aromatic rings. The Balaban J connectivity index is 2.85. The van der Waals surface area contributed by atoms with Crippen molar-refractivity contribution in [3.05, 3.63) is 0 Å². The molecule has 0 saturated carbocycles. The van der Waals surface area contributed by atoms with Crippen molar-refractivity contribution in [2.45, 2.75) is 6.35 Å². The number of rotatable bonds is 1. The van der Waals surface area contributed by atoms with Crippen LogP contribution >= 0.6 is 0 Å². The minimum atomic E-state index is -1.49. The smallest absolute Gasteiger partial charge is 0.357 e. The fraction of sp³-hybridized carbons (Fsp3) is 0.500. The zero-order valence-electron chi connectivity index (χ0n) is 6.49. The highest BCUT2D eigenvalue weighted by Gasteiger charge is 2.28. The van der Waals surface area contributed by atoms with Crippen molar-refractivity contribution < 1.29 is 30.2 Å². The van der Waals surface area contributed by atoms with Crippen molar-refractivity contribution in [1.82, 2.24) is 5.06 Å². The molecule has 0 saturated heterocycles. The molecule has 0 radical (unpaired) electrons. The molecule has 3 N–H and O–H groups in total. The monoisotopic (exact) mass is 193 g/mol. The van der Waals surface area contributed by atoms with Crippen LogP contribution in [-0.2, 0) is 14.5 Å². The van der Waals surface area contributed by atoms with Gasteiger partial charge in [0.2, 0.25) is 0 Å². The van der Waals surface area contributed by atoms with E-state index < -0.39 is 12.4 Å². The summed E-state index contributed by atoms with van der Waals surface area (Å²) in [6.07, 6.45) is -1.49. The average molecular weight is 193 g/mol. The molecule has 74 valence electrons. The van der Waals surface area contributed by atoms with Gasteiger partial charge < -0.3 is 4.74 Å². The third-order valence-electron chi connectivity index (χ3n) is 1.18. The zero-order valence-corrected chi connectivity index (χ0v) is 6.49. The van der Waals surface area contributed by atoms with E-state index in [2.05, 4.69) is 24.5 Å². The van der Waals surface area contributed by atoms with E-state index in [1.165, 1.54) is 7.11 Å². The molecule has 9 heteroatoms. The van der Waals surface area contributed by atoms with E-state index in [0.29, 0.717) is 5.06 Å². The molecule has 0 aromatic carbocycles. The molecule has 1 unspecified atom stereocenters. The van der Waals surface area contributed by atoms with Gasteiger partial charge in [0.25, 0.3) is 6.35 Å². The van der Waals surface area contributed by atoms with Crippen molar-refractivity contribution >= 4 is 12.0 Å². The van der Waals surface area contributed by atoms with E-state index in [9.17, 15) is 0 Å². The van der Waals surface area contributed by atoms with Crippen molar-refractivity contribution in [3.8, 4) is 0 Å². The van der Waals surface area contributed by atoms with Crippen LogP contribution in [0.4, 0.5) is 0 Å². The van der Waals surface area contributed by atoms with Crippen LogP contribution in [0.1, 0.15) is 0 Å². The van der Waals surface area contributed by atoms with Crippen molar-refractivity contribution in [2.75, 3.05) is 7.11 Å². The van der Waals surface area contributed by atoms with Crippen molar-refractivity contribution in [3.63, 3.8) is 0 Å². The van der Waals surface area contributed by atoms with Gasteiger partial charge in [0.15, 0.2) is 0 Å². The summed E-state index contributed by atoms with van der Waals surface area (Å²) < 4.78 is 4.53. The maximum absolute atomic E-state index is 9.09. The first-order chi connectivity index (χ1) is 6.22. The van der Waals surface area contributed by atoms with E-state index in [-0.39, 0.29) is 6.02 Å². The molecule has 1 heterocycles. The van der Waals surface area contributed by atoms with Gasteiger partial charge in [-0.25, -0.2) is 5.26 Å². The first-order valence-electron chi connectivity index (χ1n) is 3.03. The van der Waals surface area contributed by atoms with Gasteiger partial charge in [-0.1, -0.05) is 0 Å². The fourth-order valence-corrected chi connectivity index (χ4v) is 0.657. The predicted octanol–water partition coefficient (Wildman–Crippen LogP) is -0.688. The van der Waals surface area contributed by atoms with Crippen LogP contribution in [0.25, 0.3) is 0 Å². The maximum Gasteiger partial charge on any atom is 0.357 e. The summed E-state index contributed by atoms with van der Waals surface area (Å²) in [6.45, 7) is 0. The Kier molecular flexibility index (Phi) is 2.97. The van der Waals surface area contributed by atoms with Gasteiger partial charge in [0, 0.05) is 0 Å². The molecule has 1 atom stereocenters. The first kappa shape index (κ1) is 9.67. The third kappa shape index (κ3) is 1.84. The maximum atomic E-state index is 9.09. The average Bonchev–Trinajstić information content (AvgIpc) is 2.18. The van der Waals surface area contributed by atoms with Gasteiger partial charge in [-0.15, -0.1) is 4.99 Å². The van der Waals surface area contributed by atoms with Crippen LogP contribution in [0, 0.1) is 0 Å². The molecule has 13 heavy (non-hydrogen) atoms. The van der Waals surface area contributed by atoms with E-state index in [0.717, 1.165) is 0 Å². The Morgan fingerprint density at radius 1 is 1.46 bits per heavy atom. The Labute approximate surface area is 71.9 Å². The quantitative estimate of drug-likeness (QED) is 0.372. The number of aliphatic imine (C=N–C) groups is 2. The van der Waals surface area contributed by atoms with Gasteiger partial charge in [-0.2, -0.15) is 20.2 Å². The molecule has 1 rings (SSSR count). The zero-order chi connectivity index (χ0) is 9.84. The van der Waals surface area contributed by atoms with Gasteiger partial charge in [0.1, 0.15) is 0 Å². The minimum absolute atomic E-state index is 0.294. The highest BCUT2D eigenvalue weighted by atomic mass is 17.1. The Morgan fingerprint density at radius 2 is 2.15 bits per heavy atom. The van der Waals surface area contributed by atoms with Crippen LogP contribution < -0.4 is 0 Å².